The largest absolute Gasteiger partial charge is 0.493 e. The molecule has 0 unspecified atom stereocenters. The van der Waals surface area contributed by atoms with Gasteiger partial charge in [0.25, 0.3) is 5.91 Å². The molecule has 1 N–H and O–H groups in total. The van der Waals surface area contributed by atoms with E-state index in [4.69, 9.17) is 18.9 Å². The zero-order chi connectivity index (χ0) is 26.9. The fourth-order valence-corrected chi connectivity index (χ4v) is 4.44. The van der Waals surface area contributed by atoms with Crippen LogP contribution in [0.3, 0.4) is 0 Å². The minimum atomic E-state index is -0.607. The Labute approximate surface area is 222 Å². The number of ether oxygens (including phenoxy) is 4. The SMILES string of the molecule is COc1cc(C(=O)N(Cc2ccc(OCc3ccccn3)cc2)[C@H]2CCCCNC2=O)cc(OC)c1OC. The van der Waals surface area contributed by atoms with Crippen LogP contribution in [0.5, 0.6) is 23.0 Å². The lowest BCUT2D eigenvalue weighted by Gasteiger charge is -2.30. The van der Waals surface area contributed by atoms with Crippen LogP contribution in [-0.4, -0.2) is 55.6 Å². The van der Waals surface area contributed by atoms with E-state index in [9.17, 15) is 9.59 Å². The first-order valence-electron chi connectivity index (χ1n) is 12.5. The summed E-state index contributed by atoms with van der Waals surface area (Å²) in [6.07, 6.45) is 4.01. The van der Waals surface area contributed by atoms with Gasteiger partial charge in [-0.2, -0.15) is 0 Å². The van der Waals surface area contributed by atoms with E-state index in [0.29, 0.717) is 48.1 Å². The van der Waals surface area contributed by atoms with Crippen molar-refractivity contribution in [2.45, 2.75) is 38.5 Å². The maximum absolute atomic E-state index is 13.9. The predicted molar refractivity (Wildman–Crippen MR) is 142 cm³/mol. The first kappa shape index (κ1) is 26.8. The smallest absolute Gasteiger partial charge is 0.255 e. The zero-order valence-corrected chi connectivity index (χ0v) is 21.9. The highest BCUT2D eigenvalue weighted by atomic mass is 16.5. The van der Waals surface area contributed by atoms with Gasteiger partial charge in [-0.05, 0) is 61.2 Å². The molecular weight excluding hydrogens is 486 g/mol. The summed E-state index contributed by atoms with van der Waals surface area (Å²) < 4.78 is 22.1. The van der Waals surface area contributed by atoms with Gasteiger partial charge < -0.3 is 29.2 Å². The number of aromatic nitrogens is 1. The Balaban J connectivity index is 1.59. The van der Waals surface area contributed by atoms with Gasteiger partial charge in [0.05, 0.1) is 27.0 Å². The van der Waals surface area contributed by atoms with Gasteiger partial charge in [-0.25, -0.2) is 0 Å². The number of methoxy groups -OCH3 is 3. The van der Waals surface area contributed by atoms with Crippen molar-refractivity contribution >= 4 is 11.8 Å². The lowest BCUT2D eigenvalue weighted by Crippen LogP contribution is -2.48. The summed E-state index contributed by atoms with van der Waals surface area (Å²) in [5, 5.41) is 2.94. The highest BCUT2D eigenvalue weighted by molar-refractivity contribution is 5.98. The van der Waals surface area contributed by atoms with Crippen molar-refractivity contribution in [3.05, 3.63) is 77.6 Å². The van der Waals surface area contributed by atoms with Gasteiger partial charge in [0.15, 0.2) is 11.5 Å². The Bertz CT molecular complexity index is 1210. The molecule has 4 rings (SSSR count). The third kappa shape index (κ3) is 6.34. The summed E-state index contributed by atoms with van der Waals surface area (Å²) in [5.41, 5.74) is 2.04. The standard InChI is InChI=1S/C29H33N3O6/c1-35-25-16-21(17-26(36-2)27(25)37-3)29(34)32(24-9-5-7-15-31-28(24)33)18-20-10-12-23(13-11-20)38-19-22-8-4-6-14-30-22/h4,6,8,10-14,16-17,24H,5,7,9,15,18-19H2,1-3H3,(H,31,33)/t24-/m0/s1. The number of hydrogen-bond acceptors (Lipinski definition) is 7. The molecule has 1 aliphatic rings. The molecule has 1 aromatic heterocycles. The van der Waals surface area contributed by atoms with E-state index in [0.717, 1.165) is 24.1 Å². The molecule has 0 bridgehead atoms. The van der Waals surface area contributed by atoms with E-state index < -0.39 is 6.04 Å². The number of pyridine rings is 1. The Hall–Kier alpha value is -4.27. The Morgan fingerprint density at radius 2 is 1.74 bits per heavy atom. The second-order valence-electron chi connectivity index (χ2n) is 8.90. The molecule has 0 aliphatic carbocycles. The minimum absolute atomic E-state index is 0.154. The van der Waals surface area contributed by atoms with Gasteiger partial charge in [0, 0.05) is 24.8 Å². The number of hydrogen-bond donors (Lipinski definition) is 1. The van der Waals surface area contributed by atoms with Gasteiger partial charge in [0.2, 0.25) is 11.7 Å². The van der Waals surface area contributed by atoms with Crippen molar-refractivity contribution in [1.29, 1.82) is 0 Å². The third-order valence-corrected chi connectivity index (χ3v) is 6.44. The van der Waals surface area contributed by atoms with Crippen molar-refractivity contribution in [2.75, 3.05) is 27.9 Å². The van der Waals surface area contributed by atoms with Crippen LogP contribution in [0.25, 0.3) is 0 Å². The average molecular weight is 520 g/mol. The lowest BCUT2D eigenvalue weighted by atomic mass is 10.0. The van der Waals surface area contributed by atoms with Crippen LogP contribution >= 0.6 is 0 Å². The fourth-order valence-electron chi connectivity index (χ4n) is 4.44. The average Bonchev–Trinajstić information content (AvgIpc) is 3.18. The zero-order valence-electron chi connectivity index (χ0n) is 21.9. The van der Waals surface area contributed by atoms with Crippen LogP contribution in [0.15, 0.2) is 60.8 Å². The van der Waals surface area contributed by atoms with Crippen molar-refractivity contribution in [3.8, 4) is 23.0 Å². The normalized spacial score (nSPS) is 15.1. The summed E-state index contributed by atoms with van der Waals surface area (Å²) in [5.74, 6) is 1.37. The van der Waals surface area contributed by atoms with E-state index in [1.165, 1.54) is 21.3 Å². The number of nitrogens with one attached hydrogen (secondary N) is 1. The van der Waals surface area contributed by atoms with Gasteiger partial charge in [-0.3, -0.25) is 14.6 Å². The van der Waals surface area contributed by atoms with E-state index >= 15 is 0 Å². The maximum atomic E-state index is 13.9. The van der Waals surface area contributed by atoms with Crippen molar-refractivity contribution in [3.63, 3.8) is 0 Å². The van der Waals surface area contributed by atoms with Crippen LogP contribution in [0, 0.1) is 0 Å². The van der Waals surface area contributed by atoms with Gasteiger partial charge in [0.1, 0.15) is 18.4 Å². The summed E-state index contributed by atoms with van der Waals surface area (Å²) in [6, 6.07) is 15.8. The molecule has 0 saturated carbocycles. The number of nitrogens with zero attached hydrogens (tertiary/aromatic N) is 2. The highest BCUT2D eigenvalue weighted by Crippen LogP contribution is 2.38. The maximum Gasteiger partial charge on any atom is 0.255 e. The van der Waals surface area contributed by atoms with E-state index in [-0.39, 0.29) is 18.4 Å². The Morgan fingerprint density at radius 1 is 1.00 bits per heavy atom. The summed E-state index contributed by atoms with van der Waals surface area (Å²) in [7, 11) is 4.51. The monoisotopic (exact) mass is 519 g/mol. The highest BCUT2D eigenvalue weighted by Gasteiger charge is 2.32. The van der Waals surface area contributed by atoms with Crippen molar-refractivity contribution in [2.24, 2.45) is 0 Å². The molecule has 9 nitrogen and oxygen atoms in total. The Kier molecular flexibility index (Phi) is 9.02. The molecule has 0 spiro atoms. The predicted octanol–water partition coefficient (Wildman–Crippen LogP) is 4.00. The van der Waals surface area contributed by atoms with Crippen LogP contribution in [0.4, 0.5) is 0 Å². The van der Waals surface area contributed by atoms with Crippen LogP contribution in [0.2, 0.25) is 0 Å². The Morgan fingerprint density at radius 3 is 2.37 bits per heavy atom. The number of carbonyl (C=O) groups is 2. The summed E-state index contributed by atoms with van der Waals surface area (Å²) in [4.78, 5) is 32.8. The van der Waals surface area contributed by atoms with E-state index in [2.05, 4.69) is 10.3 Å². The molecule has 2 aromatic carbocycles. The molecule has 200 valence electrons. The molecule has 1 atom stereocenters. The first-order chi connectivity index (χ1) is 18.5. The van der Waals surface area contributed by atoms with Crippen molar-refractivity contribution < 1.29 is 28.5 Å². The quantitative estimate of drug-likeness (QED) is 0.432. The molecular formula is C29H33N3O6. The molecule has 38 heavy (non-hydrogen) atoms. The van der Waals surface area contributed by atoms with Crippen LogP contribution in [-0.2, 0) is 17.9 Å². The number of carbonyl (C=O) groups excluding carboxylic acids is 2. The summed E-state index contributed by atoms with van der Waals surface area (Å²) in [6.45, 7) is 1.20. The molecule has 2 amide bonds. The molecule has 1 aliphatic heterocycles. The fraction of sp³-hybridized carbons (Fsp3) is 0.345. The van der Waals surface area contributed by atoms with Gasteiger partial charge in [-0.1, -0.05) is 18.2 Å². The minimum Gasteiger partial charge on any atom is -0.493 e. The van der Waals surface area contributed by atoms with Crippen LogP contribution < -0.4 is 24.3 Å². The molecule has 1 fully saturated rings. The van der Waals surface area contributed by atoms with Crippen LogP contribution in [0.1, 0.15) is 40.9 Å². The number of rotatable bonds is 10. The molecule has 9 heteroatoms. The summed E-state index contributed by atoms with van der Waals surface area (Å²) >= 11 is 0. The second kappa shape index (κ2) is 12.8. The lowest BCUT2D eigenvalue weighted by molar-refractivity contribution is -0.125. The second-order valence-corrected chi connectivity index (χ2v) is 8.90. The van der Waals surface area contributed by atoms with Gasteiger partial charge >= 0.3 is 0 Å². The first-order valence-corrected chi connectivity index (χ1v) is 12.5. The number of benzene rings is 2. The number of amides is 2. The van der Waals surface area contributed by atoms with E-state index in [1.807, 2.05) is 42.5 Å². The topological polar surface area (TPSA) is 99.2 Å². The van der Waals surface area contributed by atoms with Crippen molar-refractivity contribution in [1.82, 2.24) is 15.2 Å². The third-order valence-electron chi connectivity index (χ3n) is 6.44. The molecule has 1 saturated heterocycles. The van der Waals surface area contributed by atoms with Gasteiger partial charge in [-0.15, -0.1) is 0 Å². The molecule has 0 radical (unpaired) electrons. The molecule has 2 heterocycles. The van der Waals surface area contributed by atoms with E-state index in [1.54, 1.807) is 23.2 Å². The molecule has 3 aromatic rings.